The van der Waals surface area contributed by atoms with Crippen molar-refractivity contribution in [2.45, 2.75) is 0 Å². The molecule has 1 aromatic carbocycles. The van der Waals surface area contributed by atoms with E-state index in [0.29, 0.717) is 0 Å². The first-order valence-electron chi connectivity index (χ1n) is 3.73. The zero-order valence-electron chi connectivity index (χ0n) is 8.31. The van der Waals surface area contributed by atoms with E-state index in [2.05, 4.69) is 13.2 Å². The van der Waals surface area contributed by atoms with Crippen molar-refractivity contribution >= 4 is 63.4 Å². The van der Waals surface area contributed by atoms with Gasteiger partial charge in [0.25, 0.3) is 0 Å². The third-order valence-corrected chi connectivity index (χ3v) is 1.21. The van der Waals surface area contributed by atoms with E-state index in [4.69, 9.17) is 5.11 Å². The number of rotatable bonds is 2. The second-order valence-electron chi connectivity index (χ2n) is 2.16. The van der Waals surface area contributed by atoms with Gasteiger partial charge in [-0.1, -0.05) is 49.6 Å². The maximum Gasteiger partial charge on any atom is 0.327 e. The fraction of sp³-hybridized carbons (Fsp3) is 0. The second kappa shape index (κ2) is 10.9. The van der Waals surface area contributed by atoms with Crippen molar-refractivity contribution in [3.8, 4) is 0 Å². The van der Waals surface area contributed by atoms with Crippen LogP contribution in [0.1, 0.15) is 6.99 Å². The molecule has 0 aliphatic rings. The summed E-state index contributed by atoms with van der Waals surface area (Å²) < 4.78 is 0. The molecule has 0 fully saturated rings. The van der Waals surface area contributed by atoms with Crippen LogP contribution in [0.5, 0.6) is 0 Å². The Morgan fingerprint density at radius 2 is 1.71 bits per heavy atom. The summed E-state index contributed by atoms with van der Waals surface area (Å²) in [6.07, 6.45) is 2.67. The van der Waals surface area contributed by atoms with Crippen LogP contribution in [0.3, 0.4) is 0 Å². The van der Waals surface area contributed by atoms with E-state index in [1.54, 1.807) is 0 Å². The molecule has 0 heterocycles. The van der Waals surface area contributed by atoms with Gasteiger partial charge in [-0.2, -0.15) is 0 Å². The van der Waals surface area contributed by atoms with E-state index >= 15 is 0 Å². The molecule has 1 N–H and O–H groups in total. The summed E-state index contributed by atoms with van der Waals surface area (Å²) in [5.74, 6) is -0.981. The number of hydrogen-bond donors (Lipinski definition) is 1. The van der Waals surface area contributed by atoms with Gasteiger partial charge in [-0.25, -0.2) is 4.79 Å². The van der Waals surface area contributed by atoms with Gasteiger partial charge in [0.1, 0.15) is 0 Å². The summed E-state index contributed by atoms with van der Waals surface area (Å²) in [5.41, 5.74) is 1.17. The summed E-state index contributed by atoms with van der Waals surface area (Å²) in [6, 6.07) is 10.0. The molecule has 0 aliphatic carbocycles. The van der Waals surface area contributed by atoms with E-state index in [-0.39, 0.29) is 52.8 Å². The van der Waals surface area contributed by atoms with Crippen LogP contribution in [0.15, 0.2) is 49.6 Å². The van der Waals surface area contributed by atoms with E-state index in [1.165, 1.54) is 5.56 Å². The maximum absolute atomic E-state index is 9.25. The molecule has 0 unspecified atom stereocenters. The van der Waals surface area contributed by atoms with Crippen molar-refractivity contribution in [3.63, 3.8) is 0 Å². The number of carboxylic acid groups (broad SMARTS) is 1. The molecule has 2 nitrogen and oxygen atoms in total. The molecule has 0 spiro atoms. The standard InChI is InChI=1S/C8H8.C3H4O2.K.H2/c1-2-8-6-4-3-5-7-8;1-2-3(4)5;;/h2-7H,1H2;2H,1H2,(H,4,5);;1H. The van der Waals surface area contributed by atoms with Gasteiger partial charge in [0.15, 0.2) is 0 Å². The van der Waals surface area contributed by atoms with Crippen LogP contribution in [0.25, 0.3) is 6.08 Å². The molecule has 0 aromatic heterocycles. The molecule has 0 saturated carbocycles. The van der Waals surface area contributed by atoms with E-state index in [9.17, 15) is 4.79 Å². The third-order valence-electron chi connectivity index (χ3n) is 1.21. The van der Waals surface area contributed by atoms with Crippen LogP contribution in [0.2, 0.25) is 0 Å². The average molecular weight is 217 g/mol. The Kier molecular flexibility index (Phi) is 12.6. The molecule has 0 aliphatic heterocycles. The number of aliphatic carboxylic acids is 1. The topological polar surface area (TPSA) is 37.3 Å². The average Bonchev–Trinajstić information content (AvgIpc) is 2.20. The Hall–Kier alpha value is -0.194. The van der Waals surface area contributed by atoms with Crippen molar-refractivity contribution in [2.75, 3.05) is 0 Å². The van der Waals surface area contributed by atoms with Crippen molar-refractivity contribution < 1.29 is 11.3 Å². The molecule has 14 heavy (non-hydrogen) atoms. The van der Waals surface area contributed by atoms with E-state index in [0.717, 1.165) is 6.08 Å². The van der Waals surface area contributed by atoms with Crippen molar-refractivity contribution in [3.05, 3.63) is 55.1 Å². The monoisotopic (exact) mass is 217 g/mol. The number of carboxylic acids is 1. The summed E-state index contributed by atoms with van der Waals surface area (Å²) in [7, 11) is 0. The molecule has 1 aromatic rings. The number of carbonyl (C=O) groups is 1. The first-order chi connectivity index (χ1) is 6.20. The van der Waals surface area contributed by atoms with E-state index < -0.39 is 5.97 Å². The third kappa shape index (κ3) is 9.89. The van der Waals surface area contributed by atoms with Gasteiger partial charge in [0, 0.05) is 58.9 Å². The molecule has 71 valence electrons. The summed E-state index contributed by atoms with van der Waals surface area (Å²) >= 11 is 0. The Morgan fingerprint density at radius 3 is 1.93 bits per heavy atom. The van der Waals surface area contributed by atoms with Gasteiger partial charge < -0.3 is 5.11 Å². The van der Waals surface area contributed by atoms with Gasteiger partial charge in [-0.05, 0) is 5.56 Å². The number of hydrogen-bond acceptors (Lipinski definition) is 1. The minimum absolute atomic E-state index is 0. The van der Waals surface area contributed by atoms with Crippen LogP contribution in [-0.4, -0.2) is 62.5 Å². The fourth-order valence-corrected chi connectivity index (χ4v) is 0.589. The number of benzene rings is 1. The minimum atomic E-state index is -0.981. The van der Waals surface area contributed by atoms with Crippen molar-refractivity contribution in [2.24, 2.45) is 0 Å². The molecule has 0 amide bonds. The minimum Gasteiger partial charge on any atom is -0.478 e. The summed E-state index contributed by atoms with van der Waals surface area (Å²) in [6.45, 7) is 6.59. The molecule has 0 bridgehead atoms. The van der Waals surface area contributed by atoms with Gasteiger partial charge in [0.2, 0.25) is 0 Å². The van der Waals surface area contributed by atoms with Crippen LogP contribution < -0.4 is 0 Å². The van der Waals surface area contributed by atoms with Gasteiger partial charge in [-0.3, -0.25) is 0 Å². The van der Waals surface area contributed by atoms with Gasteiger partial charge in [-0.15, -0.1) is 0 Å². The summed E-state index contributed by atoms with van der Waals surface area (Å²) in [5, 5.41) is 7.60. The smallest absolute Gasteiger partial charge is 0.327 e. The molecular weight excluding hydrogens is 203 g/mol. The fourth-order valence-electron chi connectivity index (χ4n) is 0.589. The molecule has 0 atom stereocenters. The quantitative estimate of drug-likeness (QED) is 0.610. The van der Waals surface area contributed by atoms with E-state index in [1.807, 2.05) is 36.4 Å². The molecule has 1 rings (SSSR count). The Labute approximate surface area is 128 Å². The Bertz CT molecular complexity index is 286. The molecular formula is C11H14KO2. The summed E-state index contributed by atoms with van der Waals surface area (Å²) in [4.78, 5) is 9.25. The largest absolute Gasteiger partial charge is 0.478 e. The van der Waals surface area contributed by atoms with Crippen LogP contribution in [-0.2, 0) is 4.79 Å². The molecule has 1 radical (unpaired) electrons. The predicted molar refractivity (Wildman–Crippen MR) is 62.2 cm³/mol. The second-order valence-corrected chi connectivity index (χ2v) is 2.16. The Morgan fingerprint density at radius 1 is 1.29 bits per heavy atom. The predicted octanol–water partition coefficient (Wildman–Crippen LogP) is 2.45. The molecule has 3 heteroatoms. The first-order valence-corrected chi connectivity index (χ1v) is 3.73. The van der Waals surface area contributed by atoms with Gasteiger partial charge in [0.05, 0.1) is 0 Å². The first kappa shape index (κ1) is 16.2. The zero-order valence-corrected chi connectivity index (χ0v) is 11.4. The maximum atomic E-state index is 9.25. The van der Waals surface area contributed by atoms with Crippen molar-refractivity contribution in [1.82, 2.24) is 0 Å². The zero-order chi connectivity index (χ0) is 10.1. The van der Waals surface area contributed by atoms with Gasteiger partial charge >= 0.3 is 5.97 Å². The normalized spacial score (nSPS) is 7.14. The molecule has 0 saturated heterocycles. The SMILES string of the molecule is C=CC(=O)O.C=Cc1ccccc1.[HH].[K]. The van der Waals surface area contributed by atoms with Crippen LogP contribution in [0, 0.1) is 0 Å². The van der Waals surface area contributed by atoms with Crippen LogP contribution >= 0.6 is 0 Å². The van der Waals surface area contributed by atoms with Crippen LogP contribution in [0.4, 0.5) is 0 Å². The van der Waals surface area contributed by atoms with Crippen molar-refractivity contribution in [1.29, 1.82) is 0 Å². The Balaban J connectivity index is -0.000000185.